The summed E-state index contributed by atoms with van der Waals surface area (Å²) in [5.41, 5.74) is 2.18. The number of nitrogens with zero attached hydrogens (tertiary/aromatic N) is 1. The molecule has 0 bridgehead atoms. The van der Waals surface area contributed by atoms with Crippen molar-refractivity contribution in [3.05, 3.63) is 47.2 Å². The van der Waals surface area contributed by atoms with Crippen molar-refractivity contribution in [2.75, 3.05) is 0 Å². The number of rotatable bonds is 7. The number of carbonyl (C=O) groups excluding carboxylic acids is 1. The van der Waals surface area contributed by atoms with Gasteiger partial charge in [0.05, 0.1) is 11.8 Å². The molecule has 0 radical (unpaired) electrons. The Hall–Kier alpha value is -2.50. The molecule has 0 spiro atoms. The van der Waals surface area contributed by atoms with Crippen LogP contribution in [0, 0.1) is 6.92 Å². The van der Waals surface area contributed by atoms with Crippen LogP contribution in [-0.4, -0.2) is 27.6 Å². The Bertz CT molecular complexity index is 699. The molecule has 2 N–H and O–H groups in total. The van der Waals surface area contributed by atoms with Crippen molar-refractivity contribution in [3.63, 3.8) is 0 Å². The maximum atomic E-state index is 12.4. The Balaban J connectivity index is 1.97. The standard InChI is InChI=1S/C17H22N2O4/c1-11-10-23-14(9-15(20)21)16(11)17(22)18-12(2)6-7-13-5-4-8-19(13)3/h4-5,8,10,12H,6-7,9H2,1-3H3,(H,18,22)(H,20,21). The van der Waals surface area contributed by atoms with Crippen LogP contribution in [0.4, 0.5) is 0 Å². The smallest absolute Gasteiger partial charge is 0.311 e. The fourth-order valence-electron chi connectivity index (χ4n) is 2.56. The van der Waals surface area contributed by atoms with Crippen molar-refractivity contribution in [1.82, 2.24) is 9.88 Å². The van der Waals surface area contributed by atoms with E-state index in [2.05, 4.69) is 16.0 Å². The summed E-state index contributed by atoms with van der Waals surface area (Å²) in [6.07, 6.45) is 4.77. The lowest BCUT2D eigenvalue weighted by Gasteiger charge is -2.14. The van der Waals surface area contributed by atoms with E-state index in [0.717, 1.165) is 12.8 Å². The number of hydrogen-bond donors (Lipinski definition) is 2. The fraction of sp³-hybridized carbons (Fsp3) is 0.412. The van der Waals surface area contributed by atoms with Gasteiger partial charge in [-0.1, -0.05) is 0 Å². The normalized spacial score (nSPS) is 12.1. The van der Waals surface area contributed by atoms with Crippen LogP contribution >= 0.6 is 0 Å². The zero-order chi connectivity index (χ0) is 17.0. The summed E-state index contributed by atoms with van der Waals surface area (Å²) in [5, 5.41) is 11.8. The first-order chi connectivity index (χ1) is 10.9. The molecule has 0 aliphatic heterocycles. The minimum atomic E-state index is -1.02. The van der Waals surface area contributed by atoms with Crippen LogP contribution in [0.1, 0.15) is 40.7 Å². The van der Waals surface area contributed by atoms with Crippen molar-refractivity contribution in [1.29, 1.82) is 0 Å². The minimum absolute atomic E-state index is 0.0237. The molecule has 2 aromatic heterocycles. The lowest BCUT2D eigenvalue weighted by molar-refractivity contribution is -0.136. The van der Waals surface area contributed by atoms with Gasteiger partial charge in [0.2, 0.25) is 0 Å². The quantitative estimate of drug-likeness (QED) is 0.820. The number of furan rings is 1. The lowest BCUT2D eigenvalue weighted by Crippen LogP contribution is -2.33. The molecule has 23 heavy (non-hydrogen) atoms. The molecule has 0 aliphatic rings. The first-order valence-corrected chi connectivity index (χ1v) is 7.58. The molecular formula is C17H22N2O4. The molecule has 0 fully saturated rings. The van der Waals surface area contributed by atoms with Crippen molar-refractivity contribution in [2.24, 2.45) is 7.05 Å². The summed E-state index contributed by atoms with van der Waals surface area (Å²) in [6.45, 7) is 3.67. The third kappa shape index (κ3) is 4.25. The SMILES string of the molecule is Cc1coc(CC(=O)O)c1C(=O)NC(C)CCc1cccn1C. The highest BCUT2D eigenvalue weighted by molar-refractivity contribution is 5.97. The highest BCUT2D eigenvalue weighted by Crippen LogP contribution is 2.18. The number of carbonyl (C=O) groups is 2. The number of carboxylic acid groups (broad SMARTS) is 1. The molecular weight excluding hydrogens is 296 g/mol. The topological polar surface area (TPSA) is 84.5 Å². The number of aliphatic carboxylic acids is 1. The zero-order valence-electron chi connectivity index (χ0n) is 13.6. The second-order valence-corrected chi connectivity index (χ2v) is 5.81. The van der Waals surface area contributed by atoms with E-state index in [1.807, 2.05) is 26.2 Å². The first-order valence-electron chi connectivity index (χ1n) is 7.58. The van der Waals surface area contributed by atoms with Gasteiger partial charge < -0.3 is 19.4 Å². The van der Waals surface area contributed by atoms with Crippen molar-refractivity contribution in [3.8, 4) is 0 Å². The van der Waals surface area contributed by atoms with Crippen LogP contribution in [0.2, 0.25) is 0 Å². The van der Waals surface area contributed by atoms with Gasteiger partial charge in [-0.3, -0.25) is 9.59 Å². The summed E-state index contributed by atoms with van der Waals surface area (Å²) >= 11 is 0. The second kappa shape index (κ2) is 7.17. The van der Waals surface area contributed by atoms with E-state index in [0.29, 0.717) is 11.1 Å². The van der Waals surface area contributed by atoms with E-state index in [1.54, 1.807) is 6.92 Å². The Morgan fingerprint density at radius 3 is 2.78 bits per heavy atom. The van der Waals surface area contributed by atoms with Crippen molar-refractivity contribution < 1.29 is 19.1 Å². The zero-order valence-corrected chi connectivity index (χ0v) is 13.6. The molecule has 6 nitrogen and oxygen atoms in total. The van der Waals surface area contributed by atoms with Gasteiger partial charge in [-0.2, -0.15) is 0 Å². The predicted octanol–water partition coefficient (Wildman–Crippen LogP) is 2.30. The molecule has 2 aromatic rings. The summed E-state index contributed by atoms with van der Waals surface area (Å²) in [4.78, 5) is 23.2. The van der Waals surface area contributed by atoms with Gasteiger partial charge in [0.25, 0.3) is 5.91 Å². The van der Waals surface area contributed by atoms with Gasteiger partial charge in [-0.15, -0.1) is 0 Å². The highest BCUT2D eigenvalue weighted by Gasteiger charge is 2.21. The summed E-state index contributed by atoms with van der Waals surface area (Å²) in [5.74, 6) is -1.11. The van der Waals surface area contributed by atoms with Gasteiger partial charge in [-0.25, -0.2) is 0 Å². The minimum Gasteiger partial charge on any atom is -0.481 e. The molecule has 1 amide bonds. The maximum Gasteiger partial charge on any atom is 0.311 e. The monoisotopic (exact) mass is 318 g/mol. The van der Waals surface area contributed by atoms with Gasteiger partial charge in [0.15, 0.2) is 0 Å². The van der Waals surface area contributed by atoms with Gasteiger partial charge in [0, 0.05) is 30.5 Å². The van der Waals surface area contributed by atoms with Gasteiger partial charge >= 0.3 is 5.97 Å². The largest absolute Gasteiger partial charge is 0.481 e. The van der Waals surface area contributed by atoms with E-state index in [1.165, 1.54) is 12.0 Å². The van der Waals surface area contributed by atoms with Crippen LogP contribution in [0.15, 0.2) is 29.0 Å². The number of hydrogen-bond acceptors (Lipinski definition) is 3. The molecule has 0 aliphatic carbocycles. The van der Waals surface area contributed by atoms with Gasteiger partial charge in [-0.05, 0) is 38.8 Å². The number of amides is 1. The number of carboxylic acids is 1. The Morgan fingerprint density at radius 2 is 2.17 bits per heavy atom. The fourth-order valence-corrected chi connectivity index (χ4v) is 2.56. The molecule has 124 valence electrons. The average Bonchev–Trinajstić information content (AvgIpc) is 3.02. The number of aromatic nitrogens is 1. The maximum absolute atomic E-state index is 12.4. The first kappa shape index (κ1) is 16.9. The molecule has 2 heterocycles. The van der Waals surface area contributed by atoms with E-state index in [-0.39, 0.29) is 24.1 Å². The molecule has 6 heteroatoms. The molecule has 1 unspecified atom stereocenters. The van der Waals surface area contributed by atoms with E-state index in [4.69, 9.17) is 9.52 Å². The number of aryl methyl sites for hydroxylation is 3. The third-order valence-corrected chi connectivity index (χ3v) is 3.85. The van der Waals surface area contributed by atoms with Crippen molar-refractivity contribution >= 4 is 11.9 Å². The lowest BCUT2D eigenvalue weighted by atomic mass is 10.1. The van der Waals surface area contributed by atoms with Crippen LogP contribution in [-0.2, 0) is 24.7 Å². The Labute approximate surface area is 135 Å². The van der Waals surface area contributed by atoms with Crippen LogP contribution in [0.3, 0.4) is 0 Å². The second-order valence-electron chi connectivity index (χ2n) is 5.81. The molecule has 2 rings (SSSR count). The summed E-state index contributed by atoms with van der Waals surface area (Å²) in [6, 6.07) is 4.02. The summed E-state index contributed by atoms with van der Waals surface area (Å²) < 4.78 is 7.25. The predicted molar refractivity (Wildman–Crippen MR) is 85.4 cm³/mol. The van der Waals surface area contributed by atoms with Crippen molar-refractivity contribution in [2.45, 2.75) is 39.2 Å². The van der Waals surface area contributed by atoms with Gasteiger partial charge in [0.1, 0.15) is 12.2 Å². The van der Waals surface area contributed by atoms with E-state index >= 15 is 0 Å². The molecule has 0 saturated carbocycles. The molecule has 0 saturated heterocycles. The average molecular weight is 318 g/mol. The van der Waals surface area contributed by atoms with E-state index in [9.17, 15) is 9.59 Å². The Morgan fingerprint density at radius 1 is 1.43 bits per heavy atom. The third-order valence-electron chi connectivity index (χ3n) is 3.85. The molecule has 0 aromatic carbocycles. The number of nitrogens with one attached hydrogen (secondary N) is 1. The van der Waals surface area contributed by atoms with E-state index < -0.39 is 5.97 Å². The summed E-state index contributed by atoms with van der Waals surface area (Å²) in [7, 11) is 1.99. The highest BCUT2D eigenvalue weighted by atomic mass is 16.4. The van der Waals surface area contributed by atoms with Crippen LogP contribution < -0.4 is 5.32 Å². The van der Waals surface area contributed by atoms with Crippen LogP contribution in [0.5, 0.6) is 0 Å². The Kier molecular flexibility index (Phi) is 5.26. The molecule has 1 atom stereocenters. The van der Waals surface area contributed by atoms with Crippen LogP contribution in [0.25, 0.3) is 0 Å².